The zero-order chi connectivity index (χ0) is 17.3. The molecule has 1 heterocycles. The summed E-state index contributed by atoms with van der Waals surface area (Å²) in [4.78, 5) is 12.0. The number of benzene rings is 2. The average molecular weight is 339 g/mol. The van der Waals surface area contributed by atoms with Crippen molar-refractivity contribution in [1.82, 2.24) is 0 Å². The van der Waals surface area contributed by atoms with Crippen molar-refractivity contribution < 1.29 is 14.3 Å². The minimum Gasteiger partial charge on any atom is -0.491 e. The summed E-state index contributed by atoms with van der Waals surface area (Å²) in [6.07, 6.45) is 4.68. The van der Waals surface area contributed by atoms with Crippen molar-refractivity contribution in [3.63, 3.8) is 0 Å². The topological polar surface area (TPSA) is 47.6 Å². The van der Waals surface area contributed by atoms with Gasteiger partial charge in [0.1, 0.15) is 12.4 Å². The third-order valence-electron chi connectivity index (χ3n) is 4.31. The Morgan fingerprint density at radius 1 is 1.12 bits per heavy atom. The van der Waals surface area contributed by atoms with E-state index < -0.39 is 0 Å². The summed E-state index contributed by atoms with van der Waals surface area (Å²) in [5.74, 6) is 0.849. The number of anilines is 1. The van der Waals surface area contributed by atoms with Gasteiger partial charge in [0.05, 0.1) is 6.10 Å². The molecule has 132 valence electrons. The average Bonchev–Trinajstić information content (AvgIpc) is 3.16. The Balaban J connectivity index is 1.37. The summed E-state index contributed by atoms with van der Waals surface area (Å²) in [7, 11) is 0. The van der Waals surface area contributed by atoms with E-state index in [-0.39, 0.29) is 12.0 Å². The number of amides is 1. The summed E-state index contributed by atoms with van der Waals surface area (Å²) in [5.41, 5.74) is 2.07. The maximum absolute atomic E-state index is 12.0. The maximum Gasteiger partial charge on any atom is 0.224 e. The highest BCUT2D eigenvalue weighted by Gasteiger charge is 2.15. The minimum atomic E-state index is 0.0453. The van der Waals surface area contributed by atoms with Crippen LogP contribution in [0.1, 0.15) is 31.2 Å². The first-order valence-corrected chi connectivity index (χ1v) is 8.98. The molecule has 0 saturated carbocycles. The Kier molecular flexibility index (Phi) is 6.46. The van der Waals surface area contributed by atoms with E-state index in [1.165, 1.54) is 5.56 Å². The number of hydrogen-bond donors (Lipinski definition) is 1. The lowest BCUT2D eigenvalue weighted by atomic mass is 10.1. The van der Waals surface area contributed by atoms with Gasteiger partial charge in [-0.1, -0.05) is 30.3 Å². The molecule has 4 nitrogen and oxygen atoms in total. The standard InChI is InChI=1S/C21H25NO3/c23-21(10-4-8-17-6-2-1-3-7-17)22-18-11-13-19(14-12-18)25-16-20-9-5-15-24-20/h1-3,6-7,11-14,20H,4-5,8-10,15-16H2,(H,22,23). The molecule has 0 aromatic heterocycles. The van der Waals surface area contributed by atoms with Crippen LogP contribution in [-0.2, 0) is 16.0 Å². The van der Waals surface area contributed by atoms with Gasteiger partial charge in [0.15, 0.2) is 0 Å². The third kappa shape index (κ3) is 5.91. The Morgan fingerprint density at radius 3 is 2.64 bits per heavy atom. The fourth-order valence-electron chi connectivity index (χ4n) is 2.92. The van der Waals surface area contributed by atoms with E-state index in [4.69, 9.17) is 9.47 Å². The van der Waals surface area contributed by atoms with Gasteiger partial charge in [0, 0.05) is 18.7 Å². The van der Waals surface area contributed by atoms with E-state index in [0.29, 0.717) is 13.0 Å². The second-order valence-electron chi connectivity index (χ2n) is 6.36. The smallest absolute Gasteiger partial charge is 0.224 e. The second kappa shape index (κ2) is 9.23. The molecule has 2 aromatic carbocycles. The van der Waals surface area contributed by atoms with Gasteiger partial charge in [-0.15, -0.1) is 0 Å². The van der Waals surface area contributed by atoms with Crippen molar-refractivity contribution in [2.75, 3.05) is 18.5 Å². The van der Waals surface area contributed by atoms with E-state index in [0.717, 1.165) is 43.7 Å². The molecule has 1 fully saturated rings. The summed E-state index contributed by atoms with van der Waals surface area (Å²) in [5, 5.41) is 2.93. The van der Waals surface area contributed by atoms with Crippen molar-refractivity contribution in [2.24, 2.45) is 0 Å². The first kappa shape index (κ1) is 17.5. The number of nitrogens with one attached hydrogen (secondary N) is 1. The SMILES string of the molecule is O=C(CCCc1ccccc1)Nc1ccc(OCC2CCCO2)cc1. The van der Waals surface area contributed by atoms with Gasteiger partial charge in [-0.3, -0.25) is 4.79 Å². The molecule has 4 heteroatoms. The molecule has 1 unspecified atom stereocenters. The molecule has 3 rings (SSSR count). The second-order valence-corrected chi connectivity index (χ2v) is 6.36. The van der Waals surface area contributed by atoms with Crippen LogP contribution in [0.4, 0.5) is 5.69 Å². The van der Waals surface area contributed by atoms with E-state index >= 15 is 0 Å². The number of rotatable bonds is 8. The third-order valence-corrected chi connectivity index (χ3v) is 4.31. The zero-order valence-corrected chi connectivity index (χ0v) is 14.4. The normalized spacial score (nSPS) is 16.6. The highest BCUT2D eigenvalue weighted by atomic mass is 16.5. The molecule has 1 aliphatic heterocycles. The number of carbonyl (C=O) groups excluding carboxylic acids is 1. The van der Waals surface area contributed by atoms with E-state index in [1.54, 1.807) is 0 Å². The van der Waals surface area contributed by atoms with Crippen molar-refractivity contribution >= 4 is 11.6 Å². The molecule has 1 atom stereocenters. The van der Waals surface area contributed by atoms with E-state index in [2.05, 4.69) is 17.4 Å². The largest absolute Gasteiger partial charge is 0.491 e. The van der Waals surface area contributed by atoms with Crippen LogP contribution in [0.5, 0.6) is 5.75 Å². The molecular formula is C21H25NO3. The van der Waals surface area contributed by atoms with Crippen LogP contribution in [0.3, 0.4) is 0 Å². The maximum atomic E-state index is 12.0. The molecule has 1 aliphatic rings. The van der Waals surface area contributed by atoms with Crippen molar-refractivity contribution in [3.8, 4) is 5.75 Å². The molecule has 0 aliphatic carbocycles. The van der Waals surface area contributed by atoms with Crippen LogP contribution in [0.25, 0.3) is 0 Å². The van der Waals surface area contributed by atoms with Gasteiger partial charge in [0.2, 0.25) is 5.91 Å². The highest BCUT2D eigenvalue weighted by molar-refractivity contribution is 5.90. The monoisotopic (exact) mass is 339 g/mol. The zero-order valence-electron chi connectivity index (χ0n) is 14.4. The number of hydrogen-bond acceptors (Lipinski definition) is 3. The summed E-state index contributed by atoms with van der Waals surface area (Å²) in [6, 6.07) is 17.8. The lowest BCUT2D eigenvalue weighted by molar-refractivity contribution is -0.116. The van der Waals surface area contributed by atoms with Gasteiger partial charge < -0.3 is 14.8 Å². The van der Waals surface area contributed by atoms with Crippen molar-refractivity contribution in [3.05, 3.63) is 60.2 Å². The molecule has 1 saturated heterocycles. The summed E-state index contributed by atoms with van der Waals surface area (Å²) in [6.45, 7) is 1.43. The summed E-state index contributed by atoms with van der Waals surface area (Å²) < 4.78 is 11.3. The summed E-state index contributed by atoms with van der Waals surface area (Å²) >= 11 is 0. The predicted octanol–water partition coefficient (Wildman–Crippen LogP) is 4.21. The van der Waals surface area contributed by atoms with Crippen LogP contribution in [0.15, 0.2) is 54.6 Å². The molecule has 0 radical (unpaired) electrons. The number of carbonyl (C=O) groups is 1. The van der Waals surface area contributed by atoms with Gasteiger partial charge in [0.25, 0.3) is 0 Å². The van der Waals surface area contributed by atoms with Gasteiger partial charge in [-0.25, -0.2) is 0 Å². The van der Waals surface area contributed by atoms with Crippen molar-refractivity contribution in [2.45, 2.75) is 38.2 Å². The van der Waals surface area contributed by atoms with Crippen LogP contribution >= 0.6 is 0 Å². The van der Waals surface area contributed by atoms with E-state index in [9.17, 15) is 4.79 Å². The van der Waals surface area contributed by atoms with Crippen molar-refractivity contribution in [1.29, 1.82) is 0 Å². The molecule has 1 amide bonds. The van der Waals surface area contributed by atoms with Gasteiger partial charge in [-0.2, -0.15) is 0 Å². The van der Waals surface area contributed by atoms with Gasteiger partial charge >= 0.3 is 0 Å². The molecule has 0 spiro atoms. The minimum absolute atomic E-state index is 0.0453. The molecule has 25 heavy (non-hydrogen) atoms. The van der Waals surface area contributed by atoms with E-state index in [1.807, 2.05) is 42.5 Å². The lowest BCUT2D eigenvalue weighted by Gasteiger charge is -2.12. The Hall–Kier alpha value is -2.33. The lowest BCUT2D eigenvalue weighted by Crippen LogP contribution is -2.16. The Morgan fingerprint density at radius 2 is 1.92 bits per heavy atom. The van der Waals surface area contributed by atoms with Crippen LogP contribution in [-0.4, -0.2) is 25.2 Å². The quantitative estimate of drug-likeness (QED) is 0.784. The fourth-order valence-corrected chi connectivity index (χ4v) is 2.92. The predicted molar refractivity (Wildman–Crippen MR) is 98.9 cm³/mol. The molecular weight excluding hydrogens is 314 g/mol. The number of ether oxygens (including phenoxy) is 2. The van der Waals surface area contributed by atoms with Crippen LogP contribution in [0.2, 0.25) is 0 Å². The Labute approximate surface area is 149 Å². The fraction of sp³-hybridized carbons (Fsp3) is 0.381. The molecule has 0 bridgehead atoms. The first-order valence-electron chi connectivity index (χ1n) is 8.98. The van der Waals surface area contributed by atoms with Gasteiger partial charge in [-0.05, 0) is 55.5 Å². The van der Waals surface area contributed by atoms with Crippen LogP contribution in [0, 0.1) is 0 Å². The first-order chi connectivity index (χ1) is 12.3. The Bertz CT molecular complexity index is 649. The molecule has 2 aromatic rings. The molecule has 1 N–H and O–H groups in total. The number of aryl methyl sites for hydroxylation is 1. The van der Waals surface area contributed by atoms with Crippen LogP contribution < -0.4 is 10.1 Å². The highest BCUT2D eigenvalue weighted by Crippen LogP contribution is 2.18.